The molecule has 0 bridgehead atoms. The van der Waals surface area contributed by atoms with Crippen LogP contribution < -0.4 is 5.32 Å². The number of hydrogen-bond donors (Lipinski definition) is 1. The molecule has 0 heterocycles. The monoisotopic (exact) mass is 267 g/mol. The van der Waals surface area contributed by atoms with Gasteiger partial charge in [-0.25, -0.2) is 0 Å². The first-order chi connectivity index (χ1) is 9.79. The Morgan fingerprint density at radius 3 is 2.65 bits per heavy atom. The Morgan fingerprint density at radius 1 is 1.05 bits per heavy atom. The predicted molar refractivity (Wildman–Crippen MR) is 87.4 cm³/mol. The molecule has 106 valence electrons. The summed E-state index contributed by atoms with van der Waals surface area (Å²) < 4.78 is 0. The van der Waals surface area contributed by atoms with Crippen molar-refractivity contribution >= 4 is 10.8 Å². The van der Waals surface area contributed by atoms with Gasteiger partial charge in [0.25, 0.3) is 0 Å². The van der Waals surface area contributed by atoms with E-state index in [1.807, 2.05) is 7.05 Å². The SMILES string of the molecule is CNCCC(C)CCc1ccc2c3c(cccc13)CC2. The van der Waals surface area contributed by atoms with E-state index >= 15 is 0 Å². The van der Waals surface area contributed by atoms with Crippen LogP contribution in [0, 0.1) is 5.92 Å². The summed E-state index contributed by atoms with van der Waals surface area (Å²) in [5, 5.41) is 6.32. The van der Waals surface area contributed by atoms with Gasteiger partial charge in [0, 0.05) is 0 Å². The van der Waals surface area contributed by atoms with Crippen LogP contribution >= 0.6 is 0 Å². The van der Waals surface area contributed by atoms with Crippen molar-refractivity contribution in [1.29, 1.82) is 0 Å². The molecule has 20 heavy (non-hydrogen) atoms. The van der Waals surface area contributed by atoms with E-state index in [1.54, 1.807) is 22.1 Å². The minimum Gasteiger partial charge on any atom is -0.320 e. The van der Waals surface area contributed by atoms with Gasteiger partial charge < -0.3 is 5.32 Å². The molecule has 0 spiro atoms. The van der Waals surface area contributed by atoms with Gasteiger partial charge in [0.05, 0.1) is 0 Å². The van der Waals surface area contributed by atoms with Crippen LogP contribution in [-0.4, -0.2) is 13.6 Å². The molecule has 0 aliphatic heterocycles. The van der Waals surface area contributed by atoms with Gasteiger partial charge in [-0.05, 0) is 79.1 Å². The number of nitrogens with one attached hydrogen (secondary N) is 1. The van der Waals surface area contributed by atoms with Crippen molar-refractivity contribution < 1.29 is 0 Å². The second-order valence-electron chi connectivity index (χ2n) is 6.26. The molecule has 0 amide bonds. The lowest BCUT2D eigenvalue weighted by atomic mass is 9.93. The van der Waals surface area contributed by atoms with Gasteiger partial charge in [0.15, 0.2) is 0 Å². The third kappa shape index (κ3) is 2.60. The van der Waals surface area contributed by atoms with Crippen LogP contribution in [0.15, 0.2) is 30.3 Å². The van der Waals surface area contributed by atoms with E-state index in [1.165, 1.54) is 37.5 Å². The van der Waals surface area contributed by atoms with Gasteiger partial charge in [-0.15, -0.1) is 0 Å². The van der Waals surface area contributed by atoms with Crippen molar-refractivity contribution in [1.82, 2.24) is 5.32 Å². The van der Waals surface area contributed by atoms with Gasteiger partial charge in [-0.3, -0.25) is 0 Å². The van der Waals surface area contributed by atoms with Crippen LogP contribution in [0.4, 0.5) is 0 Å². The average Bonchev–Trinajstić information content (AvgIpc) is 2.90. The van der Waals surface area contributed by atoms with Crippen molar-refractivity contribution in [3.05, 3.63) is 47.0 Å². The molecule has 0 aromatic heterocycles. The molecule has 0 saturated heterocycles. The Hall–Kier alpha value is -1.34. The molecule has 1 atom stereocenters. The van der Waals surface area contributed by atoms with E-state index in [-0.39, 0.29) is 0 Å². The van der Waals surface area contributed by atoms with Gasteiger partial charge >= 0.3 is 0 Å². The highest BCUT2D eigenvalue weighted by atomic mass is 14.8. The van der Waals surface area contributed by atoms with E-state index in [4.69, 9.17) is 0 Å². The largest absolute Gasteiger partial charge is 0.320 e. The number of rotatable bonds is 6. The van der Waals surface area contributed by atoms with Gasteiger partial charge in [0.2, 0.25) is 0 Å². The minimum atomic E-state index is 0.797. The molecule has 1 heteroatoms. The van der Waals surface area contributed by atoms with Crippen LogP contribution in [0.2, 0.25) is 0 Å². The Balaban J connectivity index is 1.79. The second kappa shape index (κ2) is 5.97. The van der Waals surface area contributed by atoms with Crippen LogP contribution in [-0.2, 0) is 19.3 Å². The van der Waals surface area contributed by atoms with Crippen molar-refractivity contribution in [2.24, 2.45) is 5.92 Å². The van der Waals surface area contributed by atoms with Gasteiger partial charge in [0.1, 0.15) is 0 Å². The first-order valence-electron chi connectivity index (χ1n) is 7.96. The maximum absolute atomic E-state index is 3.25. The van der Waals surface area contributed by atoms with Gasteiger partial charge in [-0.1, -0.05) is 37.3 Å². The van der Waals surface area contributed by atoms with E-state index in [2.05, 4.69) is 42.6 Å². The molecule has 0 saturated carbocycles. The molecule has 2 aromatic rings. The maximum Gasteiger partial charge on any atom is -0.00494 e. The fourth-order valence-corrected chi connectivity index (χ4v) is 3.46. The highest BCUT2D eigenvalue weighted by Crippen LogP contribution is 2.33. The van der Waals surface area contributed by atoms with Gasteiger partial charge in [-0.2, -0.15) is 0 Å². The summed E-state index contributed by atoms with van der Waals surface area (Å²) in [7, 11) is 2.04. The predicted octanol–water partition coefficient (Wildman–Crippen LogP) is 4.12. The van der Waals surface area contributed by atoms with E-state index in [9.17, 15) is 0 Å². The smallest absolute Gasteiger partial charge is 0.00494 e. The zero-order valence-electron chi connectivity index (χ0n) is 12.7. The van der Waals surface area contributed by atoms with Crippen molar-refractivity contribution in [2.75, 3.05) is 13.6 Å². The lowest BCUT2D eigenvalue weighted by Gasteiger charge is -2.13. The third-order valence-corrected chi connectivity index (χ3v) is 4.76. The lowest BCUT2D eigenvalue weighted by molar-refractivity contribution is 0.482. The average molecular weight is 267 g/mol. The van der Waals surface area contributed by atoms with Crippen LogP contribution in [0.5, 0.6) is 0 Å². The summed E-state index contributed by atoms with van der Waals surface area (Å²) >= 11 is 0. The zero-order chi connectivity index (χ0) is 13.9. The summed E-state index contributed by atoms with van der Waals surface area (Å²) in [6.45, 7) is 3.50. The van der Waals surface area contributed by atoms with E-state index in [0.29, 0.717) is 0 Å². The number of aryl methyl sites for hydroxylation is 3. The molecular formula is C19H25N. The molecule has 1 N–H and O–H groups in total. The highest BCUT2D eigenvalue weighted by Gasteiger charge is 2.15. The lowest BCUT2D eigenvalue weighted by Crippen LogP contribution is -2.12. The summed E-state index contributed by atoms with van der Waals surface area (Å²) in [6, 6.07) is 11.6. The fraction of sp³-hybridized carbons (Fsp3) is 0.474. The van der Waals surface area contributed by atoms with E-state index < -0.39 is 0 Å². The Kier molecular flexibility index (Phi) is 4.07. The summed E-state index contributed by atoms with van der Waals surface area (Å²) in [5.74, 6) is 0.797. The van der Waals surface area contributed by atoms with Crippen LogP contribution in [0.3, 0.4) is 0 Å². The molecule has 1 unspecified atom stereocenters. The summed E-state index contributed by atoms with van der Waals surface area (Å²) in [6.07, 6.45) is 6.24. The summed E-state index contributed by atoms with van der Waals surface area (Å²) in [5.41, 5.74) is 4.66. The first-order valence-corrected chi connectivity index (χ1v) is 7.96. The normalized spacial score (nSPS) is 14.9. The van der Waals surface area contributed by atoms with Crippen LogP contribution in [0.25, 0.3) is 10.8 Å². The fourth-order valence-electron chi connectivity index (χ4n) is 3.46. The molecule has 1 nitrogen and oxygen atoms in total. The topological polar surface area (TPSA) is 12.0 Å². The van der Waals surface area contributed by atoms with Crippen molar-refractivity contribution in [3.63, 3.8) is 0 Å². The molecule has 3 rings (SSSR count). The summed E-state index contributed by atoms with van der Waals surface area (Å²) in [4.78, 5) is 0. The molecule has 0 radical (unpaired) electrons. The quantitative estimate of drug-likeness (QED) is 0.830. The Morgan fingerprint density at radius 2 is 1.85 bits per heavy atom. The van der Waals surface area contributed by atoms with Crippen LogP contribution in [0.1, 0.15) is 36.5 Å². The number of benzene rings is 2. The molecule has 1 aliphatic rings. The maximum atomic E-state index is 3.25. The third-order valence-electron chi connectivity index (χ3n) is 4.76. The Labute approximate surface area is 122 Å². The minimum absolute atomic E-state index is 0.797. The molecular weight excluding hydrogens is 242 g/mol. The number of hydrogen-bond acceptors (Lipinski definition) is 1. The Bertz CT molecular complexity index is 590. The first kappa shape index (κ1) is 13.6. The molecule has 2 aromatic carbocycles. The zero-order valence-corrected chi connectivity index (χ0v) is 12.7. The van der Waals surface area contributed by atoms with E-state index in [0.717, 1.165) is 12.5 Å². The van der Waals surface area contributed by atoms with Crippen molar-refractivity contribution in [3.8, 4) is 0 Å². The molecule has 1 aliphatic carbocycles. The standard InChI is InChI=1S/C19H25N/c1-14(12-13-20-2)6-7-15-8-9-17-11-10-16-4-3-5-18(15)19(16)17/h3-5,8-9,14,20H,6-7,10-13H2,1-2H3. The second-order valence-corrected chi connectivity index (χ2v) is 6.26. The molecule has 0 fully saturated rings. The highest BCUT2D eigenvalue weighted by molar-refractivity contribution is 5.93. The van der Waals surface area contributed by atoms with Crippen molar-refractivity contribution in [2.45, 2.75) is 39.0 Å².